The van der Waals surface area contributed by atoms with Gasteiger partial charge < -0.3 is 10.1 Å². The van der Waals surface area contributed by atoms with Crippen molar-refractivity contribution in [3.63, 3.8) is 0 Å². The van der Waals surface area contributed by atoms with Crippen molar-refractivity contribution >= 4 is 17.4 Å². The second kappa shape index (κ2) is 6.89. The summed E-state index contributed by atoms with van der Waals surface area (Å²) < 4.78 is 5.41. The molecule has 0 atom stereocenters. The van der Waals surface area contributed by atoms with Gasteiger partial charge in [-0.25, -0.2) is 0 Å². The molecule has 0 fully saturated rings. The van der Waals surface area contributed by atoms with Crippen LogP contribution >= 0.6 is 0 Å². The Morgan fingerprint density at radius 2 is 1.91 bits per heavy atom. The van der Waals surface area contributed by atoms with Crippen LogP contribution in [0, 0.1) is 13.8 Å². The molecule has 2 rings (SSSR count). The predicted octanol–water partition coefficient (Wildman–Crippen LogP) is 2.64. The number of hydrogen-bond acceptors (Lipinski definition) is 4. The number of carbonyl (C=O) groups is 2. The minimum Gasteiger partial charge on any atom is -0.484 e. The zero-order valence-electron chi connectivity index (χ0n) is 12.9. The van der Waals surface area contributed by atoms with Crippen molar-refractivity contribution in [3.05, 3.63) is 41.2 Å². The van der Waals surface area contributed by atoms with Crippen molar-refractivity contribution in [3.8, 4) is 5.75 Å². The Labute approximate surface area is 128 Å². The Kier molecular flexibility index (Phi) is 4.93. The molecule has 1 heterocycles. The minimum absolute atomic E-state index is 0.0789. The van der Waals surface area contributed by atoms with E-state index in [0.717, 1.165) is 11.4 Å². The van der Waals surface area contributed by atoms with E-state index in [2.05, 4.69) is 15.5 Å². The highest BCUT2D eigenvalue weighted by Gasteiger charge is 2.11. The van der Waals surface area contributed by atoms with Crippen LogP contribution in [0.5, 0.6) is 5.75 Å². The van der Waals surface area contributed by atoms with Gasteiger partial charge in [-0.15, -0.1) is 0 Å². The lowest BCUT2D eigenvalue weighted by Gasteiger charge is -2.08. The number of nitrogens with one attached hydrogen (secondary N) is 2. The van der Waals surface area contributed by atoms with E-state index in [1.165, 1.54) is 0 Å². The zero-order chi connectivity index (χ0) is 16.1. The van der Waals surface area contributed by atoms with Crippen LogP contribution < -0.4 is 10.1 Å². The Hall–Kier alpha value is -2.63. The number of carbonyl (C=O) groups excluding carboxylic acids is 2. The minimum atomic E-state index is -0.263. The normalized spacial score (nSPS) is 10.3. The molecule has 0 bridgehead atoms. The second-order valence-electron chi connectivity index (χ2n) is 4.95. The van der Waals surface area contributed by atoms with E-state index in [-0.39, 0.29) is 18.3 Å². The summed E-state index contributed by atoms with van der Waals surface area (Å²) >= 11 is 0. The number of ether oxygens (including phenoxy) is 1. The van der Waals surface area contributed by atoms with Crippen molar-refractivity contribution in [1.29, 1.82) is 0 Å². The third kappa shape index (κ3) is 3.72. The first-order chi connectivity index (χ1) is 10.5. The molecule has 2 aromatic rings. The number of amides is 1. The number of Topliss-reactive ketones (excluding diaryl/α,β-unsaturated/α-hetero) is 1. The lowest BCUT2D eigenvalue weighted by molar-refractivity contribution is -0.118. The van der Waals surface area contributed by atoms with Gasteiger partial charge in [0.25, 0.3) is 5.91 Å². The molecule has 116 valence electrons. The third-order valence-electron chi connectivity index (χ3n) is 3.26. The molecule has 6 nitrogen and oxygen atoms in total. The fourth-order valence-electron chi connectivity index (χ4n) is 2.00. The molecule has 0 unspecified atom stereocenters. The summed E-state index contributed by atoms with van der Waals surface area (Å²) in [5, 5.41) is 9.57. The molecule has 22 heavy (non-hydrogen) atoms. The molecule has 1 aromatic carbocycles. The molecule has 6 heteroatoms. The van der Waals surface area contributed by atoms with E-state index < -0.39 is 0 Å². The van der Waals surface area contributed by atoms with Gasteiger partial charge in [0, 0.05) is 12.0 Å². The van der Waals surface area contributed by atoms with Crippen molar-refractivity contribution in [2.24, 2.45) is 0 Å². The van der Waals surface area contributed by atoms with Gasteiger partial charge in [-0.05, 0) is 38.1 Å². The summed E-state index contributed by atoms with van der Waals surface area (Å²) in [5.74, 6) is 0.361. The maximum absolute atomic E-state index is 11.9. The first-order valence-electron chi connectivity index (χ1n) is 7.08. The highest BCUT2D eigenvalue weighted by atomic mass is 16.5. The Balaban J connectivity index is 1.90. The number of hydrogen-bond donors (Lipinski definition) is 2. The number of rotatable bonds is 6. The molecule has 0 spiro atoms. The molecule has 1 aromatic heterocycles. The van der Waals surface area contributed by atoms with Crippen molar-refractivity contribution < 1.29 is 14.3 Å². The van der Waals surface area contributed by atoms with Crippen LogP contribution in [0.1, 0.15) is 35.1 Å². The largest absolute Gasteiger partial charge is 0.484 e. The summed E-state index contributed by atoms with van der Waals surface area (Å²) in [6.45, 7) is 5.35. The van der Waals surface area contributed by atoms with E-state index in [4.69, 9.17) is 4.74 Å². The van der Waals surface area contributed by atoms with Crippen molar-refractivity contribution in [2.75, 3.05) is 11.9 Å². The van der Waals surface area contributed by atoms with Gasteiger partial charge in [-0.2, -0.15) is 5.10 Å². The zero-order valence-corrected chi connectivity index (χ0v) is 12.9. The smallest absolute Gasteiger partial charge is 0.262 e. The van der Waals surface area contributed by atoms with Gasteiger partial charge in [0.15, 0.2) is 12.4 Å². The van der Waals surface area contributed by atoms with Crippen LogP contribution in [0.2, 0.25) is 0 Å². The molecule has 0 aliphatic rings. The number of anilines is 1. The van der Waals surface area contributed by atoms with Gasteiger partial charge in [-0.1, -0.05) is 6.92 Å². The molecule has 0 saturated heterocycles. The van der Waals surface area contributed by atoms with E-state index in [1.807, 2.05) is 20.8 Å². The average molecular weight is 301 g/mol. The molecular weight excluding hydrogens is 282 g/mol. The molecule has 0 aliphatic heterocycles. The van der Waals surface area contributed by atoms with Crippen LogP contribution in [-0.2, 0) is 4.79 Å². The highest BCUT2D eigenvalue weighted by Crippen LogP contribution is 2.16. The van der Waals surface area contributed by atoms with E-state index in [1.54, 1.807) is 24.3 Å². The second-order valence-corrected chi connectivity index (χ2v) is 4.95. The molecule has 0 radical (unpaired) electrons. The van der Waals surface area contributed by atoms with Crippen LogP contribution in [0.25, 0.3) is 0 Å². The average Bonchev–Trinajstić information content (AvgIpc) is 2.84. The molecule has 0 saturated carbocycles. The Morgan fingerprint density at radius 1 is 1.23 bits per heavy atom. The lowest BCUT2D eigenvalue weighted by Crippen LogP contribution is -2.20. The maximum atomic E-state index is 11.9. The monoisotopic (exact) mass is 301 g/mol. The number of ketones is 1. The van der Waals surface area contributed by atoms with Gasteiger partial charge in [0.2, 0.25) is 0 Å². The Morgan fingerprint density at radius 3 is 2.45 bits per heavy atom. The molecular formula is C16H19N3O3. The fraction of sp³-hybridized carbons (Fsp3) is 0.312. The fourth-order valence-corrected chi connectivity index (χ4v) is 2.00. The number of aryl methyl sites for hydroxylation is 2. The number of aromatic nitrogens is 2. The van der Waals surface area contributed by atoms with Crippen molar-refractivity contribution in [2.45, 2.75) is 27.2 Å². The van der Waals surface area contributed by atoms with Gasteiger partial charge in [-0.3, -0.25) is 14.7 Å². The first kappa shape index (κ1) is 15.8. The summed E-state index contributed by atoms with van der Waals surface area (Å²) in [5.41, 5.74) is 2.85. The first-order valence-corrected chi connectivity index (χ1v) is 7.08. The van der Waals surface area contributed by atoms with Gasteiger partial charge >= 0.3 is 0 Å². The summed E-state index contributed by atoms with van der Waals surface area (Å²) in [7, 11) is 0. The lowest BCUT2D eigenvalue weighted by atomic mass is 10.1. The number of nitrogens with zero attached hydrogens (tertiary/aromatic N) is 1. The van der Waals surface area contributed by atoms with Gasteiger partial charge in [0.05, 0.1) is 17.1 Å². The van der Waals surface area contributed by atoms with Crippen LogP contribution in [0.15, 0.2) is 24.3 Å². The topological polar surface area (TPSA) is 84.1 Å². The number of benzene rings is 1. The SMILES string of the molecule is CCC(=O)c1ccc(OCC(=O)Nc2c(C)n[nH]c2C)cc1. The van der Waals surface area contributed by atoms with Crippen molar-refractivity contribution in [1.82, 2.24) is 10.2 Å². The quantitative estimate of drug-likeness (QED) is 0.803. The maximum Gasteiger partial charge on any atom is 0.262 e. The standard InChI is InChI=1S/C16H19N3O3/c1-4-14(20)12-5-7-13(8-6-12)22-9-15(21)17-16-10(2)18-19-11(16)3/h5-8H,4,9H2,1-3H3,(H,17,21)(H,18,19). The van der Waals surface area contributed by atoms with E-state index in [9.17, 15) is 9.59 Å². The van der Waals surface area contributed by atoms with Crippen LogP contribution in [0.4, 0.5) is 5.69 Å². The summed E-state index contributed by atoms with van der Waals surface area (Å²) in [6, 6.07) is 6.77. The van der Waals surface area contributed by atoms with E-state index >= 15 is 0 Å². The number of aromatic amines is 1. The van der Waals surface area contributed by atoms with E-state index in [0.29, 0.717) is 23.4 Å². The number of H-pyrrole nitrogens is 1. The molecule has 2 N–H and O–H groups in total. The summed E-state index contributed by atoms with van der Waals surface area (Å²) in [4.78, 5) is 23.4. The molecule has 1 amide bonds. The van der Waals surface area contributed by atoms with Crippen LogP contribution in [0.3, 0.4) is 0 Å². The van der Waals surface area contributed by atoms with Gasteiger partial charge in [0.1, 0.15) is 5.75 Å². The molecule has 0 aliphatic carbocycles. The highest BCUT2D eigenvalue weighted by molar-refractivity contribution is 5.96. The third-order valence-corrected chi connectivity index (χ3v) is 3.26. The summed E-state index contributed by atoms with van der Waals surface area (Å²) in [6.07, 6.45) is 0.464. The predicted molar refractivity (Wildman–Crippen MR) is 83.2 cm³/mol. The van der Waals surface area contributed by atoms with Crippen LogP contribution in [-0.4, -0.2) is 28.5 Å². The Bertz CT molecular complexity index is 655.